The van der Waals surface area contributed by atoms with Crippen LogP contribution in [0, 0.1) is 0 Å². The predicted molar refractivity (Wildman–Crippen MR) is 73.5 cm³/mol. The van der Waals surface area contributed by atoms with Crippen LogP contribution in [0.1, 0.15) is 11.6 Å². The van der Waals surface area contributed by atoms with Gasteiger partial charge in [0.15, 0.2) is 0 Å². The third kappa shape index (κ3) is 4.08. The summed E-state index contributed by atoms with van der Waals surface area (Å²) < 4.78 is 0. The van der Waals surface area contributed by atoms with E-state index in [2.05, 4.69) is 20.7 Å². The molecule has 0 radical (unpaired) electrons. The molecule has 0 aliphatic rings. The van der Waals surface area contributed by atoms with Crippen molar-refractivity contribution in [3.05, 3.63) is 42.1 Å². The van der Waals surface area contributed by atoms with Crippen LogP contribution in [0.5, 0.6) is 0 Å². The molecular weight excluding hydrogens is 262 g/mol. The maximum absolute atomic E-state index is 11.8. The van der Waals surface area contributed by atoms with Gasteiger partial charge < -0.3 is 11.1 Å². The van der Waals surface area contributed by atoms with E-state index in [4.69, 9.17) is 5.73 Å². The van der Waals surface area contributed by atoms with Crippen LogP contribution in [0.2, 0.25) is 0 Å². The molecule has 1 aromatic carbocycles. The molecule has 4 N–H and O–H groups in total. The summed E-state index contributed by atoms with van der Waals surface area (Å²) in [4.78, 5) is 11.8. The lowest BCUT2D eigenvalue weighted by molar-refractivity contribution is -0.122. The molecule has 0 unspecified atom stereocenters. The van der Waals surface area contributed by atoms with E-state index in [1.807, 2.05) is 30.3 Å². The third-order valence-electron chi connectivity index (χ3n) is 2.49. The molecule has 1 amide bonds. The summed E-state index contributed by atoms with van der Waals surface area (Å²) in [7, 11) is 0. The lowest BCUT2D eigenvalue weighted by atomic mass is 10.1. The van der Waals surface area contributed by atoms with Crippen molar-refractivity contribution in [2.45, 2.75) is 11.1 Å². The number of aromatic nitrogens is 3. The third-order valence-corrected chi connectivity index (χ3v) is 3.39. The fraction of sp³-hybridized carbons (Fsp3) is 0.250. The molecule has 0 spiro atoms. The van der Waals surface area contributed by atoms with Crippen LogP contribution in [0.25, 0.3) is 0 Å². The van der Waals surface area contributed by atoms with Gasteiger partial charge in [0.05, 0.1) is 6.20 Å². The van der Waals surface area contributed by atoms with Crippen LogP contribution >= 0.6 is 11.8 Å². The van der Waals surface area contributed by atoms with Crippen molar-refractivity contribution < 1.29 is 4.79 Å². The monoisotopic (exact) mass is 277 g/mol. The summed E-state index contributed by atoms with van der Waals surface area (Å²) in [6.45, 7) is 0.539. The molecule has 1 aromatic heterocycles. The summed E-state index contributed by atoms with van der Waals surface area (Å²) >= 11 is 1.52. The van der Waals surface area contributed by atoms with Gasteiger partial charge >= 0.3 is 0 Å². The molecule has 6 nitrogen and oxygen atoms in total. The van der Waals surface area contributed by atoms with Crippen molar-refractivity contribution in [1.82, 2.24) is 20.7 Å². The Morgan fingerprint density at radius 1 is 1.42 bits per heavy atom. The van der Waals surface area contributed by atoms with E-state index in [1.54, 1.807) is 6.20 Å². The highest BCUT2D eigenvalue weighted by Gasteiger charge is 2.14. The Kier molecular flexibility index (Phi) is 4.93. The minimum absolute atomic E-state index is 0.174. The molecular formula is C12H15N5OS. The zero-order chi connectivity index (χ0) is 13.5. The topological polar surface area (TPSA) is 96.7 Å². The average molecular weight is 277 g/mol. The lowest BCUT2D eigenvalue weighted by Gasteiger charge is -2.12. The Morgan fingerprint density at radius 2 is 2.21 bits per heavy atom. The Balaban J connectivity index is 1.72. The Hall–Kier alpha value is -1.86. The van der Waals surface area contributed by atoms with E-state index < -0.39 is 6.04 Å². The molecule has 0 aliphatic heterocycles. The highest BCUT2D eigenvalue weighted by molar-refractivity contribution is 7.99. The second-order valence-corrected chi connectivity index (χ2v) is 4.95. The molecule has 100 valence electrons. The van der Waals surface area contributed by atoms with Crippen LogP contribution in [0.3, 0.4) is 0 Å². The van der Waals surface area contributed by atoms with Gasteiger partial charge in [-0.25, -0.2) is 0 Å². The second-order valence-electron chi connectivity index (χ2n) is 3.84. The van der Waals surface area contributed by atoms with Gasteiger partial charge in [-0.15, -0.1) is 16.9 Å². The normalized spacial score (nSPS) is 12.1. The molecule has 2 aromatic rings. The van der Waals surface area contributed by atoms with Gasteiger partial charge in [0.2, 0.25) is 5.91 Å². The van der Waals surface area contributed by atoms with Crippen LogP contribution in [-0.2, 0) is 4.79 Å². The Morgan fingerprint density at radius 3 is 2.89 bits per heavy atom. The minimum atomic E-state index is -0.627. The number of amides is 1. The van der Waals surface area contributed by atoms with E-state index >= 15 is 0 Å². The van der Waals surface area contributed by atoms with Crippen LogP contribution in [0.4, 0.5) is 0 Å². The molecule has 0 bridgehead atoms. The zero-order valence-corrected chi connectivity index (χ0v) is 11.1. The molecule has 1 heterocycles. The van der Waals surface area contributed by atoms with Gasteiger partial charge in [0, 0.05) is 12.3 Å². The molecule has 0 aliphatic carbocycles. The van der Waals surface area contributed by atoms with Gasteiger partial charge in [-0.3, -0.25) is 4.79 Å². The molecule has 1 atom stereocenters. The lowest BCUT2D eigenvalue weighted by Crippen LogP contribution is -2.35. The van der Waals surface area contributed by atoms with Crippen molar-refractivity contribution in [1.29, 1.82) is 0 Å². The van der Waals surface area contributed by atoms with E-state index in [-0.39, 0.29) is 5.91 Å². The van der Waals surface area contributed by atoms with E-state index in [1.165, 1.54) is 11.8 Å². The highest BCUT2D eigenvalue weighted by atomic mass is 32.2. The van der Waals surface area contributed by atoms with Gasteiger partial charge in [0.1, 0.15) is 11.1 Å². The van der Waals surface area contributed by atoms with Gasteiger partial charge in [-0.05, 0) is 5.56 Å². The predicted octanol–water partition coefficient (Wildman–Crippen LogP) is 0.713. The number of aromatic amines is 1. The Labute approximate surface area is 115 Å². The van der Waals surface area contributed by atoms with Crippen molar-refractivity contribution in [2.75, 3.05) is 12.3 Å². The van der Waals surface area contributed by atoms with Crippen molar-refractivity contribution in [3.8, 4) is 0 Å². The molecule has 0 saturated carbocycles. The number of thioether (sulfide) groups is 1. The number of H-pyrrole nitrogens is 1. The average Bonchev–Trinajstić information content (AvgIpc) is 2.96. The number of benzene rings is 1. The quantitative estimate of drug-likeness (QED) is 0.534. The van der Waals surface area contributed by atoms with Gasteiger partial charge in [-0.2, -0.15) is 10.3 Å². The van der Waals surface area contributed by atoms with E-state index in [0.29, 0.717) is 6.54 Å². The van der Waals surface area contributed by atoms with Crippen LogP contribution in [0.15, 0.2) is 41.6 Å². The van der Waals surface area contributed by atoms with E-state index in [0.717, 1.165) is 16.3 Å². The SMILES string of the molecule is N[C@@H](C(=O)NCCSc1cn[nH]n1)c1ccccc1. The fourth-order valence-electron chi connectivity index (χ4n) is 1.51. The summed E-state index contributed by atoms with van der Waals surface area (Å²) in [5.41, 5.74) is 6.68. The molecule has 7 heteroatoms. The van der Waals surface area contributed by atoms with E-state index in [9.17, 15) is 4.79 Å². The van der Waals surface area contributed by atoms with Crippen LogP contribution < -0.4 is 11.1 Å². The first-order chi connectivity index (χ1) is 9.27. The largest absolute Gasteiger partial charge is 0.354 e. The number of hydrogen-bond donors (Lipinski definition) is 3. The maximum Gasteiger partial charge on any atom is 0.241 e. The summed E-state index contributed by atoms with van der Waals surface area (Å²) in [5, 5.41) is 13.7. The number of nitrogens with zero attached hydrogens (tertiary/aromatic N) is 2. The number of rotatable bonds is 6. The van der Waals surface area contributed by atoms with Crippen molar-refractivity contribution >= 4 is 17.7 Å². The molecule has 0 saturated heterocycles. The number of carbonyl (C=O) groups excluding carboxylic acids is 1. The first kappa shape index (κ1) is 13.6. The smallest absolute Gasteiger partial charge is 0.241 e. The Bertz CT molecular complexity index is 502. The summed E-state index contributed by atoms with van der Waals surface area (Å²) in [5.74, 6) is 0.548. The highest BCUT2D eigenvalue weighted by Crippen LogP contribution is 2.12. The number of carbonyl (C=O) groups is 1. The summed E-state index contributed by atoms with van der Waals surface area (Å²) in [6.07, 6.45) is 1.64. The van der Waals surface area contributed by atoms with Gasteiger partial charge in [0.25, 0.3) is 0 Å². The molecule has 19 heavy (non-hydrogen) atoms. The second kappa shape index (κ2) is 6.91. The molecule has 0 fully saturated rings. The maximum atomic E-state index is 11.8. The number of hydrogen-bond acceptors (Lipinski definition) is 5. The number of nitrogens with one attached hydrogen (secondary N) is 2. The van der Waals surface area contributed by atoms with Gasteiger partial charge in [-0.1, -0.05) is 30.3 Å². The number of nitrogens with two attached hydrogens (primary N) is 1. The molecule has 2 rings (SSSR count). The first-order valence-electron chi connectivity index (χ1n) is 5.84. The summed E-state index contributed by atoms with van der Waals surface area (Å²) in [6, 6.07) is 8.68. The van der Waals surface area contributed by atoms with Crippen molar-refractivity contribution in [2.24, 2.45) is 5.73 Å². The van der Waals surface area contributed by atoms with Crippen molar-refractivity contribution in [3.63, 3.8) is 0 Å². The first-order valence-corrected chi connectivity index (χ1v) is 6.83. The standard InChI is InChI=1S/C12H15N5OS/c13-11(9-4-2-1-3-5-9)12(18)14-6-7-19-10-8-15-17-16-10/h1-5,8,11H,6-7,13H2,(H,14,18)(H,15,16,17)/t11-/m1/s1. The van der Waals surface area contributed by atoms with Crippen LogP contribution in [-0.4, -0.2) is 33.6 Å². The fourth-order valence-corrected chi connectivity index (χ4v) is 2.16. The zero-order valence-electron chi connectivity index (χ0n) is 10.2. The minimum Gasteiger partial charge on any atom is -0.354 e.